The highest BCUT2D eigenvalue weighted by atomic mass is 79.9. The molecular formula is C10H9BrN2O. The summed E-state index contributed by atoms with van der Waals surface area (Å²) in [5.74, 6) is 0.746. The molecule has 1 N–H and O–H groups in total. The predicted octanol–water partition coefficient (Wildman–Crippen LogP) is 1.67. The van der Waals surface area contributed by atoms with Crippen molar-refractivity contribution in [2.75, 3.05) is 13.1 Å². The van der Waals surface area contributed by atoms with Crippen molar-refractivity contribution in [3.05, 3.63) is 28.2 Å². The van der Waals surface area contributed by atoms with Gasteiger partial charge in [-0.05, 0) is 34.1 Å². The average Bonchev–Trinajstić information content (AvgIpc) is 2.14. The summed E-state index contributed by atoms with van der Waals surface area (Å²) >= 11 is 3.39. The Hall–Kier alpha value is -1.05. The van der Waals surface area contributed by atoms with Crippen LogP contribution in [0.3, 0.4) is 0 Å². The van der Waals surface area contributed by atoms with Crippen LogP contribution < -0.4 is 10.1 Å². The van der Waals surface area contributed by atoms with Crippen LogP contribution in [0.2, 0.25) is 0 Å². The first-order chi connectivity index (χ1) is 6.79. The van der Waals surface area contributed by atoms with Crippen LogP contribution in [0.4, 0.5) is 0 Å². The van der Waals surface area contributed by atoms with Crippen LogP contribution in [-0.2, 0) is 0 Å². The predicted molar refractivity (Wildman–Crippen MR) is 56.1 cm³/mol. The number of rotatable bonds is 2. The molecule has 0 bridgehead atoms. The number of hydrogen-bond acceptors (Lipinski definition) is 3. The molecule has 0 aliphatic carbocycles. The first kappa shape index (κ1) is 9.50. The van der Waals surface area contributed by atoms with E-state index in [9.17, 15) is 0 Å². The van der Waals surface area contributed by atoms with Crippen molar-refractivity contribution in [3.8, 4) is 11.8 Å². The fourth-order valence-electron chi connectivity index (χ4n) is 1.19. The summed E-state index contributed by atoms with van der Waals surface area (Å²) in [4.78, 5) is 0. The largest absolute Gasteiger partial charge is 0.487 e. The van der Waals surface area contributed by atoms with E-state index in [0.717, 1.165) is 23.3 Å². The van der Waals surface area contributed by atoms with Crippen molar-refractivity contribution in [2.45, 2.75) is 6.10 Å². The number of nitrogens with one attached hydrogen (secondary N) is 1. The van der Waals surface area contributed by atoms with Gasteiger partial charge in [0.25, 0.3) is 0 Å². The molecule has 1 saturated heterocycles. The van der Waals surface area contributed by atoms with E-state index in [2.05, 4.69) is 27.3 Å². The molecule has 4 heteroatoms. The first-order valence-corrected chi connectivity index (χ1v) is 5.16. The molecule has 1 aromatic rings. The molecule has 2 rings (SSSR count). The fourth-order valence-corrected chi connectivity index (χ4v) is 1.53. The molecule has 0 radical (unpaired) electrons. The maximum absolute atomic E-state index is 8.73. The van der Waals surface area contributed by atoms with Crippen LogP contribution in [0.25, 0.3) is 0 Å². The second-order valence-corrected chi connectivity index (χ2v) is 4.01. The molecule has 0 amide bonds. The van der Waals surface area contributed by atoms with Crippen LogP contribution in [0.5, 0.6) is 5.75 Å². The Kier molecular flexibility index (Phi) is 2.71. The summed E-state index contributed by atoms with van der Waals surface area (Å²) in [5.41, 5.74) is 0.621. The Morgan fingerprint density at radius 1 is 1.50 bits per heavy atom. The van der Waals surface area contributed by atoms with E-state index < -0.39 is 0 Å². The van der Waals surface area contributed by atoms with E-state index in [1.54, 1.807) is 12.1 Å². The third kappa shape index (κ3) is 1.89. The van der Waals surface area contributed by atoms with E-state index >= 15 is 0 Å². The molecule has 14 heavy (non-hydrogen) atoms. The molecule has 1 aliphatic heterocycles. The summed E-state index contributed by atoms with van der Waals surface area (Å²) in [7, 11) is 0. The zero-order valence-corrected chi connectivity index (χ0v) is 9.04. The second kappa shape index (κ2) is 3.99. The molecule has 1 aliphatic rings. The number of hydrogen-bond donors (Lipinski definition) is 1. The maximum Gasteiger partial charge on any atom is 0.135 e. The Morgan fingerprint density at radius 2 is 2.29 bits per heavy atom. The number of ether oxygens (including phenoxy) is 1. The third-order valence-corrected chi connectivity index (χ3v) is 2.75. The van der Waals surface area contributed by atoms with Crippen LogP contribution in [0.1, 0.15) is 5.56 Å². The van der Waals surface area contributed by atoms with Gasteiger partial charge in [0.2, 0.25) is 0 Å². The van der Waals surface area contributed by atoms with Crippen molar-refractivity contribution >= 4 is 15.9 Å². The van der Waals surface area contributed by atoms with Gasteiger partial charge in [0.1, 0.15) is 11.9 Å². The Balaban J connectivity index is 2.18. The Bertz CT molecular complexity index is 382. The van der Waals surface area contributed by atoms with Gasteiger partial charge in [-0.15, -0.1) is 0 Å². The van der Waals surface area contributed by atoms with E-state index in [1.165, 1.54) is 0 Å². The lowest BCUT2D eigenvalue weighted by Gasteiger charge is -2.28. The molecule has 1 aromatic carbocycles. The SMILES string of the molecule is N#Cc1ccc(Br)c(OC2CNC2)c1. The molecule has 0 atom stereocenters. The fraction of sp³-hybridized carbons (Fsp3) is 0.300. The smallest absolute Gasteiger partial charge is 0.135 e. The highest BCUT2D eigenvalue weighted by molar-refractivity contribution is 9.10. The highest BCUT2D eigenvalue weighted by Gasteiger charge is 2.19. The molecule has 72 valence electrons. The quantitative estimate of drug-likeness (QED) is 0.871. The summed E-state index contributed by atoms with van der Waals surface area (Å²) in [6.07, 6.45) is 0.236. The number of benzene rings is 1. The third-order valence-electron chi connectivity index (χ3n) is 2.10. The molecule has 1 heterocycles. The van der Waals surface area contributed by atoms with E-state index in [1.807, 2.05) is 6.07 Å². The van der Waals surface area contributed by atoms with Gasteiger partial charge >= 0.3 is 0 Å². The zero-order valence-electron chi connectivity index (χ0n) is 7.46. The Labute approximate surface area is 90.8 Å². The summed E-state index contributed by atoms with van der Waals surface area (Å²) in [6, 6.07) is 7.43. The topological polar surface area (TPSA) is 45.0 Å². The number of nitrogens with zero attached hydrogens (tertiary/aromatic N) is 1. The van der Waals surface area contributed by atoms with Gasteiger partial charge in [0, 0.05) is 13.1 Å². The highest BCUT2D eigenvalue weighted by Crippen LogP contribution is 2.27. The summed E-state index contributed by atoms with van der Waals surface area (Å²) < 4.78 is 6.56. The van der Waals surface area contributed by atoms with Crippen molar-refractivity contribution in [3.63, 3.8) is 0 Å². The molecule has 1 fully saturated rings. The van der Waals surface area contributed by atoms with Crippen LogP contribution >= 0.6 is 15.9 Å². The molecule has 0 aromatic heterocycles. The van der Waals surface area contributed by atoms with Crippen molar-refractivity contribution in [2.24, 2.45) is 0 Å². The summed E-state index contributed by atoms with van der Waals surface area (Å²) in [5, 5.41) is 11.8. The lowest BCUT2D eigenvalue weighted by molar-refractivity contribution is 0.141. The van der Waals surface area contributed by atoms with Gasteiger partial charge in [-0.2, -0.15) is 5.26 Å². The lowest BCUT2D eigenvalue weighted by Crippen LogP contribution is -2.50. The van der Waals surface area contributed by atoms with Gasteiger partial charge in [0.05, 0.1) is 16.1 Å². The number of halogens is 1. The molecule has 0 spiro atoms. The monoisotopic (exact) mass is 252 g/mol. The Morgan fingerprint density at radius 3 is 2.86 bits per heavy atom. The summed E-state index contributed by atoms with van der Waals surface area (Å²) in [6.45, 7) is 1.76. The minimum atomic E-state index is 0.236. The van der Waals surface area contributed by atoms with E-state index in [-0.39, 0.29) is 6.10 Å². The van der Waals surface area contributed by atoms with E-state index in [0.29, 0.717) is 5.56 Å². The second-order valence-electron chi connectivity index (χ2n) is 3.16. The van der Waals surface area contributed by atoms with Gasteiger partial charge in [-0.25, -0.2) is 0 Å². The molecular weight excluding hydrogens is 244 g/mol. The first-order valence-electron chi connectivity index (χ1n) is 4.36. The van der Waals surface area contributed by atoms with Gasteiger partial charge in [0.15, 0.2) is 0 Å². The molecule has 0 unspecified atom stereocenters. The van der Waals surface area contributed by atoms with Crippen molar-refractivity contribution in [1.82, 2.24) is 5.32 Å². The van der Waals surface area contributed by atoms with Gasteiger partial charge < -0.3 is 10.1 Å². The maximum atomic E-state index is 8.73. The van der Waals surface area contributed by atoms with Crippen LogP contribution in [0.15, 0.2) is 22.7 Å². The minimum absolute atomic E-state index is 0.236. The van der Waals surface area contributed by atoms with Crippen molar-refractivity contribution < 1.29 is 4.74 Å². The minimum Gasteiger partial charge on any atom is -0.487 e. The zero-order chi connectivity index (χ0) is 9.97. The van der Waals surface area contributed by atoms with Crippen molar-refractivity contribution in [1.29, 1.82) is 5.26 Å². The molecule has 0 saturated carbocycles. The number of nitriles is 1. The van der Waals surface area contributed by atoms with Crippen LogP contribution in [-0.4, -0.2) is 19.2 Å². The van der Waals surface area contributed by atoms with Crippen LogP contribution in [0, 0.1) is 11.3 Å². The standard InChI is InChI=1S/C10H9BrN2O/c11-9-2-1-7(4-12)3-10(9)14-8-5-13-6-8/h1-3,8,13H,5-6H2. The average molecular weight is 253 g/mol. The van der Waals surface area contributed by atoms with E-state index in [4.69, 9.17) is 10.00 Å². The normalized spacial score (nSPS) is 15.7. The molecule has 3 nitrogen and oxygen atoms in total. The lowest BCUT2D eigenvalue weighted by atomic mass is 10.2. The van der Waals surface area contributed by atoms with Gasteiger partial charge in [-0.3, -0.25) is 0 Å². The van der Waals surface area contributed by atoms with Gasteiger partial charge in [-0.1, -0.05) is 0 Å².